The van der Waals surface area contributed by atoms with Crippen molar-refractivity contribution in [2.75, 3.05) is 55.8 Å². The van der Waals surface area contributed by atoms with Crippen molar-refractivity contribution in [1.82, 2.24) is 59.4 Å². The third-order valence-electron chi connectivity index (χ3n) is 19.7. The zero-order chi connectivity index (χ0) is 73.1. The van der Waals surface area contributed by atoms with Crippen molar-refractivity contribution in [1.29, 1.82) is 15.8 Å². The number of hydrogen-bond acceptors (Lipinski definition) is 19. The Morgan fingerprint density at radius 2 is 0.962 bits per heavy atom. The molecule has 5 fully saturated rings. The van der Waals surface area contributed by atoms with E-state index in [-0.39, 0.29) is 50.9 Å². The van der Waals surface area contributed by atoms with Gasteiger partial charge in [-0.1, -0.05) is 45.5 Å². The first-order valence-corrected chi connectivity index (χ1v) is 36.3. The number of halogens is 4. The number of fused-ring (bicyclic) bond motifs is 5. The summed E-state index contributed by atoms with van der Waals surface area (Å²) in [5, 5.41) is 47.6. The Balaban J connectivity index is 0.000000171. The molecule has 0 spiro atoms. The molecule has 29 heteroatoms. The van der Waals surface area contributed by atoms with Crippen LogP contribution in [0.15, 0.2) is 138 Å². The monoisotopic (exact) mass is 1600 g/mol. The van der Waals surface area contributed by atoms with E-state index in [2.05, 4.69) is 121 Å². The molecule has 2 saturated carbocycles. The molecule has 0 bridgehead atoms. The molecule has 10 aromatic rings. The summed E-state index contributed by atoms with van der Waals surface area (Å²) >= 11 is 19.1. The quantitative estimate of drug-likeness (QED) is 0.0956. The van der Waals surface area contributed by atoms with Gasteiger partial charge in [-0.15, -0.1) is 0 Å². The van der Waals surface area contributed by atoms with Gasteiger partial charge in [0.1, 0.15) is 58.5 Å². The number of rotatable bonds is 14. The number of carbonyl (C=O) groups is 2. The third-order valence-corrected chi connectivity index (χ3v) is 21.4. The highest BCUT2D eigenvalue weighted by atomic mass is 79.9. The Hall–Kier alpha value is -9.40. The van der Waals surface area contributed by atoms with E-state index < -0.39 is 18.3 Å². The predicted octanol–water partition coefficient (Wildman–Crippen LogP) is 14.9. The van der Waals surface area contributed by atoms with Crippen LogP contribution in [0.4, 0.5) is 11.6 Å². The molecule has 0 aromatic carbocycles. The largest absolute Gasteiger partial charge is 0.497 e. The van der Waals surface area contributed by atoms with Crippen LogP contribution < -0.4 is 40.1 Å². The lowest BCUT2D eigenvalue weighted by molar-refractivity contribution is 0.00578. The van der Waals surface area contributed by atoms with E-state index in [9.17, 15) is 20.1 Å². The summed E-state index contributed by atoms with van der Waals surface area (Å²) in [5.41, 5.74) is 5.37. The lowest BCUT2D eigenvalue weighted by Gasteiger charge is -2.32. The van der Waals surface area contributed by atoms with E-state index in [1.54, 1.807) is 81.2 Å². The van der Waals surface area contributed by atoms with E-state index >= 15 is 0 Å². The highest BCUT2D eigenvalue weighted by Gasteiger charge is 2.53. The molecule has 554 valence electrons. The molecule has 13 heterocycles. The summed E-state index contributed by atoms with van der Waals surface area (Å²) in [6.07, 6.45) is 20.5. The van der Waals surface area contributed by atoms with Crippen LogP contribution in [0.1, 0.15) is 148 Å². The molecule has 0 radical (unpaired) electrons. The van der Waals surface area contributed by atoms with Crippen LogP contribution in [0.2, 0.25) is 10.0 Å². The Kier molecular flexibility index (Phi) is 25.6. The van der Waals surface area contributed by atoms with E-state index in [1.165, 1.54) is 6.20 Å². The van der Waals surface area contributed by atoms with Gasteiger partial charge in [0.2, 0.25) is 0 Å². The van der Waals surface area contributed by atoms with Crippen LogP contribution in [-0.2, 0) is 9.31 Å². The molecule has 5 aliphatic rings. The Morgan fingerprint density at radius 1 is 0.557 bits per heavy atom. The van der Waals surface area contributed by atoms with Crippen LogP contribution in [0.25, 0.3) is 27.7 Å². The standard InChI is InChI=1S/C29H28ClN7O2.C19H20BrClN4O.C16H20BN3O3.C10H8BrN3O.3CH4/c1-3-39-22-9-23(27-21(12-31)14-34-37(27)17-22)18-6-7-25(33-13-18)36-15-19-10-29(2,11-20(19)16-36)35-28(38)26-24(30)5-4-8-32-26;1-19(24-18(26)17-15(21)3-2-6-22-17)7-12-10-25(11-13(12)8-19)16-5-4-14(20)9-23-16;1-6-21-12-7-13(14-11(8-18)9-19-20(14)10-12)17-22-15(2,3)16(4,5)23-17;1-2-15-8-3-9(11)10-7(4-12)5-13-14(10)6-8;;;/h4-9,13-14,17,19-20H,3,10-11,15-16H2,1-2H3,(H,35,38);2-6,9,12-13H,7-8,10-11H2,1H3,(H,24,26);7,9-10H,6H2,1-5H3;3,5-6H,2H2,1H3;3*1H4/t19-,20+,29?;12-,13+,19?;;;;;. The number of carbonyl (C=O) groups excluding carboxylic acids is 2. The van der Waals surface area contributed by atoms with Crippen molar-refractivity contribution in [3.05, 3.63) is 176 Å². The van der Waals surface area contributed by atoms with Crippen molar-refractivity contribution in [2.45, 2.75) is 133 Å². The fourth-order valence-electron chi connectivity index (χ4n) is 14.5. The van der Waals surface area contributed by atoms with Gasteiger partial charge in [-0.2, -0.15) is 31.1 Å². The lowest BCUT2D eigenvalue weighted by Crippen LogP contribution is -2.45. The molecular formula is C77H88BBr2Cl2N17O7. The first kappa shape index (κ1) is 80.7. The van der Waals surface area contributed by atoms with Gasteiger partial charge in [0, 0.05) is 87.6 Å². The number of nitrogens with one attached hydrogen (secondary N) is 2. The summed E-state index contributed by atoms with van der Waals surface area (Å²) in [5.74, 6) is 5.65. The third kappa shape index (κ3) is 17.2. The summed E-state index contributed by atoms with van der Waals surface area (Å²) in [6, 6.07) is 27.1. The van der Waals surface area contributed by atoms with Gasteiger partial charge in [-0.3, -0.25) is 9.59 Å². The number of hydrogen-bond donors (Lipinski definition) is 2. The normalized spacial score (nSPS) is 20.4. The van der Waals surface area contributed by atoms with E-state index in [1.807, 2.05) is 97.3 Å². The Bertz CT molecular complexity index is 4900. The second-order valence-corrected chi connectivity index (χ2v) is 30.2. The van der Waals surface area contributed by atoms with Crippen LogP contribution in [0.3, 0.4) is 0 Å². The number of pyridine rings is 7. The highest BCUT2D eigenvalue weighted by molar-refractivity contribution is 9.11. The van der Waals surface area contributed by atoms with E-state index in [0.717, 1.165) is 106 Å². The fraction of sp³-hybridized carbons (Fsp3) is 0.403. The molecular weight excluding hydrogens is 1520 g/mol. The van der Waals surface area contributed by atoms with Gasteiger partial charge in [-0.05, 0) is 210 Å². The molecule has 106 heavy (non-hydrogen) atoms. The molecule has 2 unspecified atom stereocenters. The minimum Gasteiger partial charge on any atom is -0.492 e. The summed E-state index contributed by atoms with van der Waals surface area (Å²) < 4.78 is 35.7. The summed E-state index contributed by atoms with van der Waals surface area (Å²) in [7, 11) is -0.577. The zero-order valence-corrected chi connectivity index (χ0v) is 63.1. The molecule has 2 amide bonds. The molecule has 3 aliphatic heterocycles. The van der Waals surface area contributed by atoms with Crippen LogP contribution >= 0.6 is 55.1 Å². The van der Waals surface area contributed by atoms with Gasteiger partial charge in [0.05, 0.1) is 111 Å². The molecule has 6 atom stereocenters. The van der Waals surface area contributed by atoms with Gasteiger partial charge in [-0.25, -0.2) is 33.5 Å². The number of aromatic nitrogens is 10. The minimum atomic E-state index is -0.577. The van der Waals surface area contributed by atoms with E-state index in [0.29, 0.717) is 92.9 Å². The maximum atomic E-state index is 12.8. The second-order valence-electron chi connectivity index (χ2n) is 27.6. The van der Waals surface area contributed by atoms with Gasteiger partial charge in [0.15, 0.2) is 0 Å². The second kappa shape index (κ2) is 33.6. The number of ether oxygens (including phenoxy) is 3. The van der Waals surface area contributed by atoms with Gasteiger partial charge in [0.25, 0.3) is 11.8 Å². The Morgan fingerprint density at radius 3 is 1.38 bits per heavy atom. The van der Waals surface area contributed by atoms with Crippen molar-refractivity contribution in [3.8, 4) is 46.6 Å². The summed E-state index contributed by atoms with van der Waals surface area (Å²) in [4.78, 5) is 47.7. The lowest BCUT2D eigenvalue weighted by atomic mass is 9.78. The summed E-state index contributed by atoms with van der Waals surface area (Å²) in [6.45, 7) is 23.4. The molecule has 24 nitrogen and oxygen atoms in total. The fourth-order valence-corrected chi connectivity index (χ4v) is 15.8. The molecule has 15 rings (SSSR count). The van der Waals surface area contributed by atoms with E-state index in [4.69, 9.17) is 57.0 Å². The highest BCUT2D eigenvalue weighted by Crippen LogP contribution is 2.47. The van der Waals surface area contributed by atoms with Crippen molar-refractivity contribution >= 4 is 108 Å². The predicted molar refractivity (Wildman–Crippen MR) is 419 cm³/mol. The Labute approximate surface area is 646 Å². The van der Waals surface area contributed by atoms with Crippen molar-refractivity contribution in [2.24, 2.45) is 23.7 Å². The van der Waals surface area contributed by atoms with Crippen LogP contribution in [-0.4, -0.2) is 136 Å². The maximum Gasteiger partial charge on any atom is 0.497 e. The molecule has 2 N–H and O–H groups in total. The molecule has 2 aliphatic carbocycles. The number of nitriles is 3. The minimum absolute atomic E-state index is 0. The van der Waals surface area contributed by atoms with Crippen molar-refractivity contribution < 1.29 is 33.1 Å². The first-order valence-electron chi connectivity index (χ1n) is 33.9. The number of anilines is 2. The van der Waals surface area contributed by atoms with Crippen LogP contribution in [0.5, 0.6) is 17.2 Å². The number of nitrogens with zero attached hydrogens (tertiary/aromatic N) is 15. The average molecular weight is 1610 g/mol. The molecule has 3 saturated heterocycles. The van der Waals surface area contributed by atoms with Crippen LogP contribution in [0, 0.1) is 57.7 Å². The maximum absolute atomic E-state index is 12.8. The van der Waals surface area contributed by atoms with Gasteiger partial charge < -0.3 is 44.0 Å². The van der Waals surface area contributed by atoms with Crippen molar-refractivity contribution in [3.63, 3.8) is 0 Å². The number of amides is 2. The topological polar surface area (TPSA) is 286 Å². The average Bonchev–Trinajstić information content (AvgIpc) is 1.63. The zero-order valence-electron chi connectivity index (χ0n) is 58.4. The molecule has 10 aromatic heterocycles. The SMILES string of the molecule is C.C.C.CC1(NC(=O)c2ncccc2Cl)C[C@H]2CN(c3ccc(Br)cn3)C[C@H]2C1.CCOc1cc(-c2ccc(N3C[C@@H]4CC(C)(NC(=O)c5ncccc5Cl)C[C@@H]4C3)nc2)c2c(C#N)cnn2c1.CCOc1cc(B2OC(C)(C)C(C)(C)O2)c2c(C#N)cnn2c1.CCOc1cc(Br)c2c(C#N)cnn2c1. The first-order chi connectivity index (χ1) is 49.3. The van der Waals surface area contributed by atoms with Gasteiger partial charge >= 0.3 is 7.12 Å². The smallest absolute Gasteiger partial charge is 0.492 e.